The first-order valence-corrected chi connectivity index (χ1v) is 15.9. The molecule has 0 amide bonds. The van der Waals surface area contributed by atoms with Gasteiger partial charge in [-0.3, -0.25) is 13.9 Å². The van der Waals surface area contributed by atoms with E-state index >= 15 is 0 Å². The minimum Gasteiger partial charge on any atom is -0.464 e. The lowest BCUT2D eigenvalue weighted by molar-refractivity contribution is -0.146. The zero-order valence-corrected chi connectivity index (χ0v) is 25.5. The van der Waals surface area contributed by atoms with Crippen molar-refractivity contribution in [3.8, 4) is 5.75 Å². The summed E-state index contributed by atoms with van der Waals surface area (Å²) >= 11 is 0. The summed E-state index contributed by atoms with van der Waals surface area (Å²) in [6.07, 6.45) is 3.83. The van der Waals surface area contributed by atoms with Gasteiger partial charge in [0.1, 0.15) is 18.4 Å². The number of rotatable bonds is 15. The molecule has 0 radical (unpaired) electrons. The predicted octanol–water partition coefficient (Wildman–Crippen LogP) is 5.52. The van der Waals surface area contributed by atoms with E-state index in [-0.39, 0.29) is 19.1 Å². The van der Waals surface area contributed by atoms with Crippen LogP contribution in [0.25, 0.3) is 10.8 Å². The monoisotopic (exact) mass is 601 g/mol. The van der Waals surface area contributed by atoms with Crippen LogP contribution in [0.5, 0.6) is 5.75 Å². The van der Waals surface area contributed by atoms with E-state index < -0.39 is 38.0 Å². The molecule has 1 aromatic heterocycles. The highest BCUT2D eigenvalue weighted by atomic mass is 31.2. The van der Waals surface area contributed by atoms with Gasteiger partial charge in [0.15, 0.2) is 12.5 Å². The lowest BCUT2D eigenvalue weighted by Gasteiger charge is -2.25. The van der Waals surface area contributed by atoms with Crippen LogP contribution >= 0.6 is 7.75 Å². The van der Waals surface area contributed by atoms with E-state index in [4.69, 9.17) is 23.3 Å². The number of nitrogens with zero attached hydrogens (tertiary/aromatic N) is 2. The maximum atomic E-state index is 14.1. The highest BCUT2D eigenvalue weighted by molar-refractivity contribution is 7.52. The van der Waals surface area contributed by atoms with Gasteiger partial charge in [0.25, 0.3) is 0 Å². The molecule has 0 bridgehead atoms. The molecular weight excluding hydrogens is 561 g/mol. The molecule has 2 heterocycles. The van der Waals surface area contributed by atoms with Crippen molar-refractivity contribution in [1.82, 2.24) is 14.6 Å². The molecule has 1 saturated heterocycles. The topological polar surface area (TPSA) is 127 Å². The summed E-state index contributed by atoms with van der Waals surface area (Å²) in [4.78, 5) is 29.1. The van der Waals surface area contributed by atoms with Gasteiger partial charge in [-0.15, -0.1) is 0 Å². The van der Waals surface area contributed by atoms with Crippen LogP contribution in [-0.2, 0) is 28.1 Å². The zero-order valence-electron chi connectivity index (χ0n) is 24.6. The molecule has 1 unspecified atom stereocenters. The van der Waals surface area contributed by atoms with Crippen LogP contribution < -0.4 is 15.3 Å². The zero-order chi connectivity index (χ0) is 30.1. The van der Waals surface area contributed by atoms with Crippen LogP contribution in [0, 0.1) is 12.8 Å². The summed E-state index contributed by atoms with van der Waals surface area (Å²) in [5.41, 5.74) is 0.121. The number of nitrogens with one attached hydrogen (secondary N) is 1. The fourth-order valence-corrected chi connectivity index (χ4v) is 6.29. The second-order valence-corrected chi connectivity index (χ2v) is 12.1. The Morgan fingerprint density at radius 2 is 1.88 bits per heavy atom. The van der Waals surface area contributed by atoms with Gasteiger partial charge in [-0.2, -0.15) is 10.1 Å². The number of aryl methyl sites for hydroxylation is 1. The van der Waals surface area contributed by atoms with Crippen molar-refractivity contribution in [2.45, 2.75) is 71.9 Å². The van der Waals surface area contributed by atoms with Crippen LogP contribution in [0.2, 0.25) is 0 Å². The standard InChI is InChI=1S/C30H40N3O8P/c1-5-10-23(11-6-2)18-38-29(34)22(4)32-42(36,41-26-15-9-13-24-12-7-8-14-25(24)26)39-20-28-37-19-27(40-28)33-17-16-21(3)31-30(33)35/h7-9,12-17,22-23,27-28H,5-6,10-11,18-20H2,1-4H3,(H,32,36)/t22-,27-,28-,42?/m0/s1. The van der Waals surface area contributed by atoms with Crippen LogP contribution in [0.4, 0.5) is 0 Å². The summed E-state index contributed by atoms with van der Waals surface area (Å²) in [6, 6.07) is 13.6. The number of aromatic nitrogens is 2. The fraction of sp³-hybridized carbons (Fsp3) is 0.500. The van der Waals surface area contributed by atoms with Gasteiger partial charge < -0.3 is 18.7 Å². The quantitative estimate of drug-likeness (QED) is 0.176. The van der Waals surface area contributed by atoms with Gasteiger partial charge in [0, 0.05) is 17.3 Å². The molecule has 0 aliphatic carbocycles. The summed E-state index contributed by atoms with van der Waals surface area (Å²) in [6.45, 7) is 7.54. The fourth-order valence-electron chi connectivity index (χ4n) is 4.79. The lowest BCUT2D eigenvalue weighted by atomic mass is 9.99. The minimum absolute atomic E-state index is 0.0694. The van der Waals surface area contributed by atoms with E-state index in [9.17, 15) is 14.2 Å². The molecular formula is C30H40N3O8P. The maximum absolute atomic E-state index is 14.1. The van der Waals surface area contributed by atoms with Crippen molar-refractivity contribution in [1.29, 1.82) is 0 Å². The Morgan fingerprint density at radius 3 is 2.62 bits per heavy atom. The molecule has 3 aromatic rings. The molecule has 1 N–H and O–H groups in total. The van der Waals surface area contributed by atoms with Crippen molar-refractivity contribution < 1.29 is 32.6 Å². The molecule has 4 rings (SSSR count). The first-order chi connectivity index (χ1) is 20.2. The van der Waals surface area contributed by atoms with E-state index in [1.165, 1.54) is 4.57 Å². The molecule has 11 nitrogen and oxygen atoms in total. The van der Waals surface area contributed by atoms with Crippen LogP contribution in [0.3, 0.4) is 0 Å². The number of carbonyl (C=O) groups is 1. The Bertz CT molecular complexity index is 1440. The number of hydrogen-bond donors (Lipinski definition) is 1. The molecule has 2 aromatic carbocycles. The Kier molecular flexibility index (Phi) is 11.3. The second-order valence-electron chi connectivity index (χ2n) is 10.4. The van der Waals surface area contributed by atoms with E-state index in [1.54, 1.807) is 38.2 Å². The van der Waals surface area contributed by atoms with E-state index in [0.717, 1.165) is 36.5 Å². The molecule has 1 aliphatic rings. The molecule has 42 heavy (non-hydrogen) atoms. The smallest absolute Gasteiger partial charge is 0.459 e. The highest BCUT2D eigenvalue weighted by Crippen LogP contribution is 2.47. The van der Waals surface area contributed by atoms with Gasteiger partial charge in [-0.1, -0.05) is 63.1 Å². The van der Waals surface area contributed by atoms with E-state index in [1.807, 2.05) is 30.3 Å². The summed E-state index contributed by atoms with van der Waals surface area (Å²) in [7, 11) is -4.18. The Labute approximate surface area is 246 Å². The first-order valence-electron chi connectivity index (χ1n) is 14.4. The number of carbonyl (C=O) groups excluding carboxylic acids is 1. The lowest BCUT2D eigenvalue weighted by Crippen LogP contribution is -2.36. The molecule has 1 aliphatic heterocycles. The first kappa shape index (κ1) is 31.8. The predicted molar refractivity (Wildman–Crippen MR) is 158 cm³/mol. The SMILES string of the molecule is CCCC(CCC)COC(=O)[C@H](C)NP(=O)(OC[C@H]1OC[C@@H](n2ccc(C)nc2=O)O1)Oc1cccc2ccccc12. The number of fused-ring (bicyclic) bond motifs is 1. The van der Waals surface area contributed by atoms with Crippen molar-refractivity contribution >= 4 is 24.5 Å². The van der Waals surface area contributed by atoms with E-state index in [0.29, 0.717) is 18.1 Å². The van der Waals surface area contributed by atoms with Crippen LogP contribution in [0.15, 0.2) is 59.5 Å². The average molecular weight is 602 g/mol. The van der Waals surface area contributed by atoms with Crippen molar-refractivity contribution in [3.05, 3.63) is 70.9 Å². The summed E-state index contributed by atoms with van der Waals surface area (Å²) in [5.74, 6) is 0.0306. The summed E-state index contributed by atoms with van der Waals surface area (Å²) < 4.78 is 44.3. The van der Waals surface area contributed by atoms with Gasteiger partial charge in [-0.25, -0.2) is 9.36 Å². The molecule has 4 atom stereocenters. The molecule has 228 valence electrons. The maximum Gasteiger partial charge on any atom is 0.459 e. The number of esters is 1. The molecule has 0 saturated carbocycles. The number of ether oxygens (including phenoxy) is 3. The molecule has 1 fully saturated rings. The Hall–Kier alpha value is -3.08. The van der Waals surface area contributed by atoms with Gasteiger partial charge in [0.2, 0.25) is 0 Å². The molecule has 12 heteroatoms. The third-order valence-corrected chi connectivity index (χ3v) is 8.55. The van der Waals surface area contributed by atoms with Crippen molar-refractivity contribution in [3.63, 3.8) is 0 Å². The van der Waals surface area contributed by atoms with Crippen molar-refractivity contribution in [2.75, 3.05) is 19.8 Å². The van der Waals surface area contributed by atoms with Crippen LogP contribution in [-0.4, -0.2) is 47.7 Å². The van der Waals surface area contributed by atoms with Crippen molar-refractivity contribution in [2.24, 2.45) is 5.92 Å². The van der Waals surface area contributed by atoms with E-state index in [2.05, 4.69) is 23.9 Å². The highest BCUT2D eigenvalue weighted by Gasteiger charge is 2.36. The normalized spacial score (nSPS) is 19.1. The van der Waals surface area contributed by atoms with Gasteiger partial charge in [0.05, 0.1) is 13.2 Å². The third kappa shape index (κ3) is 8.49. The third-order valence-electron chi connectivity index (χ3n) is 6.92. The van der Waals surface area contributed by atoms with Gasteiger partial charge >= 0.3 is 19.4 Å². The minimum atomic E-state index is -4.18. The Morgan fingerprint density at radius 1 is 1.14 bits per heavy atom. The van der Waals surface area contributed by atoms with Crippen LogP contribution in [0.1, 0.15) is 58.4 Å². The average Bonchev–Trinajstić information content (AvgIpc) is 3.44. The second kappa shape index (κ2) is 14.9. The number of benzene rings is 2. The molecule has 0 spiro atoms. The number of hydrogen-bond acceptors (Lipinski definition) is 9. The largest absolute Gasteiger partial charge is 0.464 e. The van der Waals surface area contributed by atoms with Gasteiger partial charge in [-0.05, 0) is 50.1 Å². The Balaban J connectivity index is 1.47. The summed E-state index contributed by atoms with van der Waals surface area (Å²) in [5, 5.41) is 4.34.